The van der Waals surface area contributed by atoms with Crippen molar-refractivity contribution in [3.8, 4) is 0 Å². The second kappa shape index (κ2) is 5.84. The Morgan fingerprint density at radius 1 is 1.10 bits per heavy atom. The third kappa shape index (κ3) is 3.31. The van der Waals surface area contributed by atoms with E-state index in [1.807, 2.05) is 0 Å². The first-order valence-corrected chi connectivity index (χ1v) is 8.38. The van der Waals surface area contributed by atoms with Gasteiger partial charge in [0.15, 0.2) is 0 Å². The fourth-order valence-electron chi connectivity index (χ4n) is 1.44. The highest BCUT2D eigenvalue weighted by atomic mass is 79.9. The molecule has 0 aliphatic carbocycles. The van der Waals surface area contributed by atoms with Crippen molar-refractivity contribution in [2.24, 2.45) is 0 Å². The van der Waals surface area contributed by atoms with E-state index in [2.05, 4.69) is 35.8 Å². The van der Waals surface area contributed by atoms with Crippen LogP contribution in [0.3, 0.4) is 0 Å². The maximum absolute atomic E-state index is 12.2. The predicted molar refractivity (Wildman–Crippen MR) is 79.2 cm³/mol. The predicted octanol–water partition coefficient (Wildman–Crippen LogP) is 2.18. The van der Waals surface area contributed by atoms with Crippen LogP contribution in [0.4, 0.5) is 5.95 Å². The lowest BCUT2D eigenvalue weighted by Gasteiger charge is -2.07. The summed E-state index contributed by atoms with van der Waals surface area (Å²) in [6.07, 6.45) is 0. The van der Waals surface area contributed by atoms with Gasteiger partial charge < -0.3 is 0 Å². The summed E-state index contributed by atoms with van der Waals surface area (Å²) in [6, 6.07) is 6.55. The molecule has 106 valence electrons. The average molecular weight is 357 g/mol. The molecule has 1 N–H and O–H groups in total. The quantitative estimate of drug-likeness (QED) is 0.848. The van der Waals surface area contributed by atoms with Gasteiger partial charge in [0, 0.05) is 5.33 Å². The Kier molecular flexibility index (Phi) is 4.34. The van der Waals surface area contributed by atoms with Gasteiger partial charge in [-0.1, -0.05) is 28.1 Å². The standard InChI is InChI=1S/C12H13BrN4O2S/c1-8-9(2)15-16-12(14-8)17-20(18,19)11-5-3-10(7-13)4-6-11/h3-6H,7H2,1-2H3,(H,14,16,17). The summed E-state index contributed by atoms with van der Waals surface area (Å²) in [7, 11) is -3.70. The highest BCUT2D eigenvalue weighted by Gasteiger charge is 2.16. The summed E-state index contributed by atoms with van der Waals surface area (Å²) in [5, 5.41) is 8.23. The van der Waals surface area contributed by atoms with Crippen LogP contribution in [-0.2, 0) is 15.4 Å². The summed E-state index contributed by atoms with van der Waals surface area (Å²) < 4.78 is 26.6. The second-order valence-electron chi connectivity index (χ2n) is 4.19. The Bertz CT molecular complexity index is 717. The molecule has 0 radical (unpaired) electrons. The maximum Gasteiger partial charge on any atom is 0.264 e. The zero-order valence-corrected chi connectivity index (χ0v) is 13.4. The molecule has 20 heavy (non-hydrogen) atoms. The Morgan fingerprint density at radius 3 is 2.30 bits per heavy atom. The van der Waals surface area contributed by atoms with Crippen LogP contribution < -0.4 is 4.72 Å². The number of rotatable bonds is 4. The van der Waals surface area contributed by atoms with E-state index in [0.717, 1.165) is 5.56 Å². The number of halogens is 1. The molecule has 0 fully saturated rings. The van der Waals surface area contributed by atoms with Crippen LogP contribution >= 0.6 is 15.9 Å². The van der Waals surface area contributed by atoms with Crippen molar-refractivity contribution in [2.75, 3.05) is 4.72 Å². The van der Waals surface area contributed by atoms with Crippen molar-refractivity contribution in [1.82, 2.24) is 15.2 Å². The number of sulfonamides is 1. The molecule has 0 aliphatic rings. The number of aromatic nitrogens is 3. The summed E-state index contributed by atoms with van der Waals surface area (Å²) in [6.45, 7) is 3.50. The number of hydrogen-bond acceptors (Lipinski definition) is 5. The molecule has 1 aromatic carbocycles. The van der Waals surface area contributed by atoms with Gasteiger partial charge >= 0.3 is 0 Å². The molecule has 0 aliphatic heterocycles. The maximum atomic E-state index is 12.2. The second-order valence-corrected chi connectivity index (χ2v) is 6.43. The Hall–Kier alpha value is -1.54. The van der Waals surface area contributed by atoms with Crippen molar-refractivity contribution >= 4 is 31.9 Å². The monoisotopic (exact) mass is 356 g/mol. The number of benzene rings is 1. The summed E-state index contributed by atoms with van der Waals surface area (Å²) >= 11 is 3.31. The normalized spacial score (nSPS) is 11.3. The fraction of sp³-hybridized carbons (Fsp3) is 0.250. The Labute approximate surface area is 125 Å². The van der Waals surface area contributed by atoms with Gasteiger partial charge in [-0.2, -0.15) is 5.10 Å². The van der Waals surface area contributed by atoms with Crippen LogP contribution in [0.15, 0.2) is 29.2 Å². The van der Waals surface area contributed by atoms with Crippen molar-refractivity contribution in [1.29, 1.82) is 0 Å². The highest BCUT2D eigenvalue weighted by molar-refractivity contribution is 9.08. The minimum atomic E-state index is -3.70. The van der Waals surface area contributed by atoms with E-state index in [1.165, 1.54) is 12.1 Å². The molecule has 0 unspecified atom stereocenters. The molecular formula is C12H13BrN4O2S. The third-order valence-electron chi connectivity index (χ3n) is 2.71. The Morgan fingerprint density at radius 2 is 1.75 bits per heavy atom. The van der Waals surface area contributed by atoms with Gasteiger partial charge in [0.05, 0.1) is 16.3 Å². The lowest BCUT2D eigenvalue weighted by Crippen LogP contribution is -2.16. The zero-order valence-electron chi connectivity index (χ0n) is 11.0. The van der Waals surface area contributed by atoms with Crippen molar-refractivity contribution in [3.63, 3.8) is 0 Å². The van der Waals surface area contributed by atoms with E-state index in [9.17, 15) is 8.42 Å². The number of nitrogens with zero attached hydrogens (tertiary/aromatic N) is 3. The smallest absolute Gasteiger partial charge is 0.246 e. The molecule has 8 heteroatoms. The molecule has 0 saturated carbocycles. The molecule has 2 rings (SSSR count). The first-order chi connectivity index (χ1) is 9.42. The molecule has 2 aromatic rings. The lowest BCUT2D eigenvalue weighted by atomic mass is 10.2. The molecule has 1 heterocycles. The van der Waals surface area contributed by atoms with Crippen LogP contribution in [0.25, 0.3) is 0 Å². The van der Waals surface area contributed by atoms with Crippen LogP contribution in [0, 0.1) is 13.8 Å². The highest BCUT2D eigenvalue weighted by Crippen LogP contribution is 2.15. The zero-order chi connectivity index (χ0) is 14.8. The minimum Gasteiger partial charge on any atom is -0.246 e. The molecule has 0 saturated heterocycles. The van der Waals surface area contributed by atoms with Crippen molar-refractivity contribution in [2.45, 2.75) is 24.1 Å². The van der Waals surface area contributed by atoms with Crippen LogP contribution in [0.2, 0.25) is 0 Å². The third-order valence-corrected chi connectivity index (χ3v) is 4.70. The number of aryl methyl sites for hydroxylation is 2. The van der Waals surface area contributed by atoms with E-state index in [0.29, 0.717) is 16.7 Å². The molecule has 1 aromatic heterocycles. The lowest BCUT2D eigenvalue weighted by molar-refractivity contribution is 0.600. The summed E-state index contributed by atoms with van der Waals surface area (Å²) in [4.78, 5) is 4.20. The van der Waals surface area contributed by atoms with Gasteiger partial charge in [0.1, 0.15) is 0 Å². The summed E-state index contributed by atoms with van der Waals surface area (Å²) in [5.74, 6) is -0.0299. The topological polar surface area (TPSA) is 84.8 Å². The van der Waals surface area contributed by atoms with Crippen molar-refractivity contribution < 1.29 is 8.42 Å². The van der Waals surface area contributed by atoms with E-state index in [4.69, 9.17) is 0 Å². The van der Waals surface area contributed by atoms with Gasteiger partial charge in [0.25, 0.3) is 16.0 Å². The fourth-order valence-corrected chi connectivity index (χ4v) is 2.75. The van der Waals surface area contributed by atoms with E-state index >= 15 is 0 Å². The van der Waals surface area contributed by atoms with Crippen molar-refractivity contribution in [3.05, 3.63) is 41.2 Å². The molecule has 0 atom stereocenters. The van der Waals surface area contributed by atoms with Gasteiger partial charge in [-0.3, -0.25) is 0 Å². The SMILES string of the molecule is Cc1nnc(NS(=O)(=O)c2ccc(CBr)cc2)nc1C. The number of hydrogen-bond donors (Lipinski definition) is 1. The van der Waals surface area contributed by atoms with Gasteiger partial charge in [-0.05, 0) is 31.5 Å². The molecule has 0 spiro atoms. The van der Waals surface area contributed by atoms with Crippen LogP contribution in [0.5, 0.6) is 0 Å². The largest absolute Gasteiger partial charge is 0.264 e. The molecular weight excluding hydrogens is 344 g/mol. The first-order valence-electron chi connectivity index (χ1n) is 5.78. The van der Waals surface area contributed by atoms with E-state index in [-0.39, 0.29) is 10.8 Å². The van der Waals surface area contributed by atoms with Gasteiger partial charge in [0.2, 0.25) is 0 Å². The summed E-state index contributed by atoms with van der Waals surface area (Å²) in [5.41, 5.74) is 2.29. The van der Waals surface area contributed by atoms with Crippen LogP contribution in [-0.4, -0.2) is 23.6 Å². The minimum absolute atomic E-state index is 0.0299. The first kappa shape index (κ1) is 14.9. The van der Waals surface area contributed by atoms with Gasteiger partial charge in [-0.25, -0.2) is 18.1 Å². The average Bonchev–Trinajstić information content (AvgIpc) is 2.43. The van der Waals surface area contributed by atoms with E-state index < -0.39 is 10.0 Å². The Balaban J connectivity index is 2.27. The molecule has 0 bridgehead atoms. The number of anilines is 1. The number of alkyl halides is 1. The molecule has 6 nitrogen and oxygen atoms in total. The van der Waals surface area contributed by atoms with Crippen LogP contribution in [0.1, 0.15) is 17.0 Å². The number of nitrogens with one attached hydrogen (secondary N) is 1. The molecule has 0 amide bonds. The van der Waals surface area contributed by atoms with Gasteiger partial charge in [-0.15, -0.1) is 5.10 Å². The van der Waals surface area contributed by atoms with E-state index in [1.54, 1.807) is 26.0 Å².